The van der Waals surface area contributed by atoms with Crippen molar-refractivity contribution < 1.29 is 9.84 Å². The zero-order chi connectivity index (χ0) is 16.1. The third kappa shape index (κ3) is 3.78. The largest absolute Gasteiger partial charge is 0.497 e. The van der Waals surface area contributed by atoms with Crippen LogP contribution < -0.4 is 4.74 Å². The number of ether oxygens (including phenoxy) is 1. The van der Waals surface area contributed by atoms with Crippen LogP contribution >= 0.6 is 11.6 Å². The van der Waals surface area contributed by atoms with Gasteiger partial charge in [-0.2, -0.15) is 0 Å². The van der Waals surface area contributed by atoms with Crippen LogP contribution in [0.15, 0.2) is 48.8 Å². The molecule has 0 bridgehead atoms. The summed E-state index contributed by atoms with van der Waals surface area (Å²) in [6.07, 6.45) is 3.28. The standard InChI is InChI=1S/C9H12O2.C8H7ClN2/c1-7(10)8-3-5-9(11-2)6-4-8;1-11-5-3-6-7(11)2-4-10-8(6)9/h3-7,10H,1-2H3;2-5H,1H3. The maximum absolute atomic E-state index is 9.15. The van der Waals surface area contributed by atoms with Gasteiger partial charge < -0.3 is 14.4 Å². The number of benzene rings is 1. The Morgan fingerprint density at radius 3 is 2.41 bits per heavy atom. The highest BCUT2D eigenvalue weighted by Gasteiger charge is 2.01. The number of pyridine rings is 1. The molecule has 3 aromatic rings. The number of aliphatic hydroxyl groups excluding tert-OH is 1. The molecule has 0 spiro atoms. The van der Waals surface area contributed by atoms with Crippen LogP contribution in [0.5, 0.6) is 5.75 Å². The van der Waals surface area contributed by atoms with E-state index < -0.39 is 6.10 Å². The fraction of sp³-hybridized carbons (Fsp3) is 0.235. The summed E-state index contributed by atoms with van der Waals surface area (Å²) >= 11 is 5.85. The first-order valence-electron chi connectivity index (χ1n) is 6.90. The van der Waals surface area contributed by atoms with Crippen molar-refractivity contribution in [2.24, 2.45) is 7.05 Å². The first-order valence-corrected chi connectivity index (χ1v) is 7.28. The molecule has 1 unspecified atom stereocenters. The number of hydrogen-bond acceptors (Lipinski definition) is 3. The quantitative estimate of drug-likeness (QED) is 0.727. The summed E-state index contributed by atoms with van der Waals surface area (Å²) in [6, 6.07) is 11.3. The monoisotopic (exact) mass is 318 g/mol. The molecular formula is C17H19ClN2O2. The average Bonchev–Trinajstić information content (AvgIpc) is 2.91. The van der Waals surface area contributed by atoms with Gasteiger partial charge in [0.2, 0.25) is 0 Å². The van der Waals surface area contributed by atoms with Gasteiger partial charge >= 0.3 is 0 Å². The molecule has 4 nitrogen and oxygen atoms in total. The summed E-state index contributed by atoms with van der Waals surface area (Å²) in [5, 5.41) is 10.7. The molecule has 1 atom stereocenters. The van der Waals surface area contributed by atoms with Crippen LogP contribution in [0.1, 0.15) is 18.6 Å². The molecule has 0 aliphatic heterocycles. The average molecular weight is 319 g/mol. The van der Waals surface area contributed by atoms with Crippen LogP contribution in [-0.2, 0) is 7.05 Å². The summed E-state index contributed by atoms with van der Waals surface area (Å²) in [7, 11) is 3.61. The lowest BCUT2D eigenvalue weighted by atomic mass is 10.1. The predicted molar refractivity (Wildman–Crippen MR) is 89.4 cm³/mol. The lowest BCUT2D eigenvalue weighted by Crippen LogP contribution is -1.90. The molecule has 0 saturated carbocycles. The van der Waals surface area contributed by atoms with Crippen molar-refractivity contribution >= 4 is 22.5 Å². The lowest BCUT2D eigenvalue weighted by molar-refractivity contribution is 0.199. The Kier molecular flexibility index (Phi) is 5.41. The van der Waals surface area contributed by atoms with Crippen molar-refractivity contribution in [3.63, 3.8) is 0 Å². The van der Waals surface area contributed by atoms with E-state index in [1.54, 1.807) is 20.2 Å². The first kappa shape index (κ1) is 16.3. The molecule has 2 aromatic heterocycles. The second-order valence-electron chi connectivity index (χ2n) is 4.91. The molecule has 0 radical (unpaired) electrons. The molecule has 0 saturated heterocycles. The van der Waals surface area contributed by atoms with E-state index in [2.05, 4.69) is 4.98 Å². The second kappa shape index (κ2) is 7.29. The van der Waals surface area contributed by atoms with Crippen LogP contribution in [0.25, 0.3) is 10.9 Å². The minimum atomic E-state index is -0.402. The molecular weight excluding hydrogens is 300 g/mol. The topological polar surface area (TPSA) is 47.3 Å². The normalized spacial score (nSPS) is 11.7. The van der Waals surface area contributed by atoms with E-state index in [0.717, 1.165) is 22.2 Å². The van der Waals surface area contributed by atoms with Crippen molar-refractivity contribution in [3.8, 4) is 5.75 Å². The fourth-order valence-corrected chi connectivity index (χ4v) is 2.27. The minimum Gasteiger partial charge on any atom is -0.497 e. The van der Waals surface area contributed by atoms with Gasteiger partial charge in [-0.25, -0.2) is 4.98 Å². The van der Waals surface area contributed by atoms with Gasteiger partial charge in [0.15, 0.2) is 0 Å². The molecule has 2 heterocycles. The molecule has 0 aliphatic carbocycles. The molecule has 5 heteroatoms. The number of methoxy groups -OCH3 is 1. The smallest absolute Gasteiger partial charge is 0.138 e. The molecule has 3 rings (SSSR count). The maximum atomic E-state index is 9.15. The van der Waals surface area contributed by atoms with Crippen LogP contribution in [-0.4, -0.2) is 21.8 Å². The highest BCUT2D eigenvalue weighted by atomic mass is 35.5. The van der Waals surface area contributed by atoms with Crippen molar-refractivity contribution in [2.45, 2.75) is 13.0 Å². The van der Waals surface area contributed by atoms with Gasteiger partial charge in [0, 0.05) is 24.8 Å². The lowest BCUT2D eigenvalue weighted by Gasteiger charge is -2.04. The van der Waals surface area contributed by atoms with Crippen molar-refractivity contribution in [2.75, 3.05) is 7.11 Å². The van der Waals surface area contributed by atoms with Crippen molar-refractivity contribution in [1.82, 2.24) is 9.55 Å². The van der Waals surface area contributed by atoms with E-state index in [0.29, 0.717) is 5.15 Å². The Morgan fingerprint density at radius 1 is 1.18 bits per heavy atom. The predicted octanol–water partition coefficient (Wildman–Crippen LogP) is 3.98. The van der Waals surface area contributed by atoms with Gasteiger partial charge in [-0.15, -0.1) is 0 Å². The van der Waals surface area contributed by atoms with Crippen LogP contribution in [0.2, 0.25) is 5.15 Å². The SMILES string of the molecule is COc1ccc(C(C)O)cc1.Cn1ccc2c(Cl)nccc21. The van der Waals surface area contributed by atoms with Crippen molar-refractivity contribution in [3.05, 3.63) is 59.5 Å². The van der Waals surface area contributed by atoms with E-state index >= 15 is 0 Å². The Balaban J connectivity index is 0.000000160. The van der Waals surface area contributed by atoms with E-state index in [-0.39, 0.29) is 0 Å². The Labute approximate surface area is 134 Å². The highest BCUT2D eigenvalue weighted by Crippen LogP contribution is 2.20. The summed E-state index contributed by atoms with van der Waals surface area (Å²) in [6.45, 7) is 1.74. The molecule has 22 heavy (non-hydrogen) atoms. The van der Waals surface area contributed by atoms with Gasteiger partial charge in [0.25, 0.3) is 0 Å². The number of hydrogen-bond donors (Lipinski definition) is 1. The third-order valence-electron chi connectivity index (χ3n) is 3.36. The van der Waals surface area contributed by atoms with E-state index in [9.17, 15) is 0 Å². The second-order valence-corrected chi connectivity index (χ2v) is 5.27. The maximum Gasteiger partial charge on any atom is 0.138 e. The zero-order valence-corrected chi connectivity index (χ0v) is 13.6. The minimum absolute atomic E-state index is 0.402. The molecule has 1 N–H and O–H groups in total. The molecule has 0 amide bonds. The van der Waals surface area contributed by atoms with Crippen LogP contribution in [0.3, 0.4) is 0 Å². The summed E-state index contributed by atoms with van der Waals surface area (Å²) in [5.74, 6) is 0.814. The first-order chi connectivity index (χ1) is 10.5. The van der Waals surface area contributed by atoms with E-state index in [1.807, 2.05) is 54.2 Å². The fourth-order valence-electron chi connectivity index (χ4n) is 2.05. The molecule has 0 aliphatic rings. The summed E-state index contributed by atoms with van der Waals surface area (Å²) in [5.41, 5.74) is 2.02. The van der Waals surface area contributed by atoms with Gasteiger partial charge in [-0.05, 0) is 36.8 Å². The molecule has 0 fully saturated rings. The van der Waals surface area contributed by atoms with Gasteiger partial charge in [0.05, 0.1) is 18.7 Å². The number of aliphatic hydroxyl groups is 1. The van der Waals surface area contributed by atoms with E-state index in [1.165, 1.54) is 0 Å². The summed E-state index contributed by atoms with van der Waals surface area (Å²) < 4.78 is 6.98. The van der Waals surface area contributed by atoms with Crippen LogP contribution in [0, 0.1) is 0 Å². The Bertz CT molecular complexity index is 736. The van der Waals surface area contributed by atoms with Crippen LogP contribution in [0.4, 0.5) is 0 Å². The zero-order valence-electron chi connectivity index (χ0n) is 12.8. The van der Waals surface area contributed by atoms with Crippen molar-refractivity contribution in [1.29, 1.82) is 0 Å². The third-order valence-corrected chi connectivity index (χ3v) is 3.66. The molecule has 1 aromatic carbocycles. The Hall–Kier alpha value is -2.04. The van der Waals surface area contributed by atoms with Gasteiger partial charge in [-0.3, -0.25) is 0 Å². The van der Waals surface area contributed by atoms with Gasteiger partial charge in [-0.1, -0.05) is 23.7 Å². The summed E-state index contributed by atoms with van der Waals surface area (Å²) in [4.78, 5) is 3.97. The number of aromatic nitrogens is 2. The highest BCUT2D eigenvalue weighted by molar-refractivity contribution is 6.34. The number of halogens is 1. The number of nitrogens with zero attached hydrogens (tertiary/aromatic N) is 2. The van der Waals surface area contributed by atoms with E-state index in [4.69, 9.17) is 21.4 Å². The number of rotatable bonds is 2. The number of fused-ring (bicyclic) bond motifs is 1. The molecule has 116 valence electrons. The number of aryl methyl sites for hydroxylation is 1. The van der Waals surface area contributed by atoms with Gasteiger partial charge in [0.1, 0.15) is 10.9 Å². The Morgan fingerprint density at radius 2 is 1.86 bits per heavy atom.